The highest BCUT2D eigenvalue weighted by Gasteiger charge is 2.22. The topological polar surface area (TPSA) is 35.5 Å². The van der Waals surface area contributed by atoms with E-state index in [1.165, 1.54) is 0 Å². The first-order valence-electron chi connectivity index (χ1n) is 8.97. The van der Waals surface area contributed by atoms with Crippen LogP contribution >= 0.6 is 45.2 Å². The van der Waals surface area contributed by atoms with Crippen molar-refractivity contribution in [1.29, 1.82) is 0 Å². The van der Waals surface area contributed by atoms with Crippen molar-refractivity contribution in [2.75, 3.05) is 0 Å². The minimum atomic E-state index is -0.335. The first-order valence-corrected chi connectivity index (χ1v) is 11.1. The van der Waals surface area contributed by atoms with E-state index in [4.69, 9.17) is 9.47 Å². The van der Waals surface area contributed by atoms with Gasteiger partial charge in [0, 0.05) is 5.56 Å². The molecule has 0 spiro atoms. The molecule has 0 aromatic heterocycles. The summed E-state index contributed by atoms with van der Waals surface area (Å²) in [5.41, 5.74) is 3.48. The predicted octanol–water partition coefficient (Wildman–Crippen LogP) is 6.46. The van der Waals surface area contributed by atoms with Crippen LogP contribution in [0.1, 0.15) is 16.7 Å². The van der Waals surface area contributed by atoms with Gasteiger partial charge in [0.25, 0.3) is 0 Å². The summed E-state index contributed by atoms with van der Waals surface area (Å²) in [7, 11) is 0. The molecule has 0 fully saturated rings. The summed E-state index contributed by atoms with van der Waals surface area (Å²) in [5.74, 6) is 1.10. The Balaban J connectivity index is 1.56. The first kappa shape index (κ1) is 20.2. The zero-order valence-corrected chi connectivity index (χ0v) is 19.6. The quantitative estimate of drug-likeness (QED) is 0.190. The van der Waals surface area contributed by atoms with Gasteiger partial charge >= 0.3 is 5.97 Å². The van der Waals surface area contributed by atoms with Crippen LogP contribution in [0.2, 0.25) is 0 Å². The lowest BCUT2D eigenvalue weighted by molar-refractivity contribution is -0.130. The second-order valence-corrected chi connectivity index (χ2v) is 8.78. The van der Waals surface area contributed by atoms with E-state index in [0.29, 0.717) is 17.9 Å². The number of esters is 1. The second-order valence-electron chi connectivity index (χ2n) is 6.45. The summed E-state index contributed by atoms with van der Waals surface area (Å²) in [6, 6.07) is 23.7. The molecule has 0 atom stereocenters. The molecular weight excluding hydrogens is 590 g/mol. The monoisotopic (exact) mass is 606 g/mol. The average Bonchev–Trinajstić information content (AvgIpc) is 3.09. The molecule has 3 aromatic carbocycles. The van der Waals surface area contributed by atoms with E-state index in [1.807, 2.05) is 78.9 Å². The Morgan fingerprint density at radius 1 is 0.897 bits per heavy atom. The molecule has 0 bridgehead atoms. The largest absolute Gasteiger partial charge is 0.487 e. The van der Waals surface area contributed by atoms with Gasteiger partial charge in [-0.05, 0) is 80.6 Å². The molecule has 0 saturated heterocycles. The van der Waals surface area contributed by atoms with Crippen LogP contribution in [0.25, 0.3) is 11.8 Å². The van der Waals surface area contributed by atoms with Crippen molar-refractivity contribution >= 4 is 63.0 Å². The number of carbonyl (C=O) groups is 1. The normalized spacial score (nSPS) is 14.6. The van der Waals surface area contributed by atoms with Gasteiger partial charge in [-0.15, -0.1) is 0 Å². The van der Waals surface area contributed by atoms with Gasteiger partial charge in [-0.1, -0.05) is 60.7 Å². The van der Waals surface area contributed by atoms with Gasteiger partial charge in [0.1, 0.15) is 18.1 Å². The molecule has 144 valence electrons. The molecule has 1 aliphatic heterocycles. The van der Waals surface area contributed by atoms with E-state index in [-0.39, 0.29) is 5.97 Å². The van der Waals surface area contributed by atoms with Crippen LogP contribution in [-0.4, -0.2) is 5.97 Å². The Kier molecular flexibility index (Phi) is 6.34. The lowest BCUT2D eigenvalue weighted by atomic mass is 10.1. The van der Waals surface area contributed by atoms with Crippen LogP contribution < -0.4 is 4.74 Å². The average molecular weight is 606 g/mol. The van der Waals surface area contributed by atoms with Crippen molar-refractivity contribution < 1.29 is 14.3 Å². The van der Waals surface area contributed by atoms with Gasteiger partial charge in [-0.3, -0.25) is 0 Å². The van der Waals surface area contributed by atoms with E-state index < -0.39 is 0 Å². The maximum absolute atomic E-state index is 12.3. The SMILES string of the molecule is O=C1OC(c2ccccc2)=CC1=Cc1cc(I)c(OCc2ccccc2)c(I)c1. The number of hydrogen-bond donors (Lipinski definition) is 0. The number of cyclic esters (lactones) is 1. The second kappa shape index (κ2) is 9.13. The number of benzene rings is 3. The third kappa shape index (κ3) is 4.90. The molecule has 0 amide bonds. The zero-order chi connectivity index (χ0) is 20.2. The van der Waals surface area contributed by atoms with Crippen molar-refractivity contribution in [2.24, 2.45) is 0 Å². The molecule has 0 radical (unpaired) electrons. The molecular formula is C24H16I2O3. The smallest absolute Gasteiger partial charge is 0.343 e. The number of halogens is 2. The molecule has 3 aromatic rings. The van der Waals surface area contributed by atoms with Gasteiger partial charge in [0.15, 0.2) is 0 Å². The van der Waals surface area contributed by atoms with Crippen LogP contribution in [0.4, 0.5) is 0 Å². The maximum Gasteiger partial charge on any atom is 0.343 e. The third-order valence-electron chi connectivity index (χ3n) is 4.35. The summed E-state index contributed by atoms with van der Waals surface area (Å²) in [4.78, 5) is 12.3. The molecule has 0 N–H and O–H groups in total. The molecule has 1 heterocycles. The van der Waals surface area contributed by atoms with Gasteiger partial charge in [-0.25, -0.2) is 4.79 Å². The summed E-state index contributed by atoms with van der Waals surface area (Å²) < 4.78 is 13.5. The number of rotatable bonds is 5. The summed E-state index contributed by atoms with van der Waals surface area (Å²) in [5, 5.41) is 0. The molecule has 3 nitrogen and oxygen atoms in total. The predicted molar refractivity (Wildman–Crippen MR) is 131 cm³/mol. The van der Waals surface area contributed by atoms with Crippen molar-refractivity contribution in [3.05, 3.63) is 108 Å². The van der Waals surface area contributed by atoms with E-state index >= 15 is 0 Å². The summed E-state index contributed by atoms with van der Waals surface area (Å²) in [6.07, 6.45) is 3.64. The molecule has 29 heavy (non-hydrogen) atoms. The molecule has 0 unspecified atom stereocenters. The van der Waals surface area contributed by atoms with Gasteiger partial charge in [0.2, 0.25) is 0 Å². The van der Waals surface area contributed by atoms with E-state index in [0.717, 1.165) is 29.6 Å². The highest BCUT2D eigenvalue weighted by molar-refractivity contribution is 14.1. The van der Waals surface area contributed by atoms with E-state index in [1.54, 1.807) is 6.08 Å². The van der Waals surface area contributed by atoms with Crippen molar-refractivity contribution in [1.82, 2.24) is 0 Å². The fourth-order valence-electron chi connectivity index (χ4n) is 2.94. The molecule has 1 aliphatic rings. The summed E-state index contributed by atoms with van der Waals surface area (Å²) >= 11 is 4.54. The third-order valence-corrected chi connectivity index (χ3v) is 5.95. The van der Waals surface area contributed by atoms with Crippen molar-refractivity contribution in [2.45, 2.75) is 6.61 Å². The van der Waals surface area contributed by atoms with Gasteiger partial charge in [0.05, 0.1) is 12.7 Å². The molecule has 5 heteroatoms. The lowest BCUT2D eigenvalue weighted by Crippen LogP contribution is -2.00. The van der Waals surface area contributed by atoms with Crippen LogP contribution in [0.15, 0.2) is 84.4 Å². The lowest BCUT2D eigenvalue weighted by Gasteiger charge is -2.11. The Labute approximate surface area is 196 Å². The highest BCUT2D eigenvalue weighted by atomic mass is 127. The van der Waals surface area contributed by atoms with Crippen molar-refractivity contribution in [3.8, 4) is 5.75 Å². The Morgan fingerprint density at radius 3 is 2.17 bits per heavy atom. The standard InChI is InChI=1S/C24H16I2O3/c25-20-12-17(13-21(26)23(20)28-15-16-7-3-1-4-8-16)11-19-14-22(29-24(19)27)18-9-5-2-6-10-18/h1-14H,15H2. The van der Waals surface area contributed by atoms with Crippen molar-refractivity contribution in [3.63, 3.8) is 0 Å². The Bertz CT molecular complexity index is 1080. The van der Waals surface area contributed by atoms with Crippen LogP contribution in [0.5, 0.6) is 5.75 Å². The van der Waals surface area contributed by atoms with E-state index in [2.05, 4.69) is 45.2 Å². The number of ether oxygens (including phenoxy) is 2. The minimum absolute atomic E-state index is 0.335. The van der Waals surface area contributed by atoms with Crippen LogP contribution in [-0.2, 0) is 16.1 Å². The number of hydrogen-bond acceptors (Lipinski definition) is 3. The van der Waals surface area contributed by atoms with E-state index in [9.17, 15) is 4.79 Å². The molecule has 4 rings (SSSR count). The highest BCUT2D eigenvalue weighted by Crippen LogP contribution is 2.32. The maximum atomic E-state index is 12.3. The minimum Gasteiger partial charge on any atom is -0.487 e. The van der Waals surface area contributed by atoms with Crippen LogP contribution in [0.3, 0.4) is 0 Å². The zero-order valence-electron chi connectivity index (χ0n) is 15.3. The number of carbonyl (C=O) groups excluding carboxylic acids is 1. The first-order chi connectivity index (χ1) is 14.1. The van der Waals surface area contributed by atoms with Crippen LogP contribution in [0, 0.1) is 7.14 Å². The van der Waals surface area contributed by atoms with Gasteiger partial charge < -0.3 is 9.47 Å². The molecule has 0 aliphatic carbocycles. The van der Waals surface area contributed by atoms with Gasteiger partial charge in [-0.2, -0.15) is 0 Å². The Hall–Kier alpha value is -2.13. The summed E-state index contributed by atoms with van der Waals surface area (Å²) in [6.45, 7) is 0.517. The Morgan fingerprint density at radius 2 is 1.52 bits per heavy atom. The fourth-order valence-corrected chi connectivity index (χ4v) is 5.07. The molecule has 0 saturated carbocycles. The fraction of sp³-hybridized carbons (Fsp3) is 0.0417.